The molecule has 0 N–H and O–H groups in total. The van der Waals surface area contributed by atoms with Crippen molar-refractivity contribution >= 4 is 26.2 Å². The van der Waals surface area contributed by atoms with Gasteiger partial charge in [0.25, 0.3) is 0 Å². The maximum atomic E-state index is 11.7. The summed E-state index contributed by atoms with van der Waals surface area (Å²) in [6, 6.07) is 0. The Morgan fingerprint density at radius 2 is 1.08 bits per heavy atom. The van der Waals surface area contributed by atoms with E-state index in [2.05, 4.69) is 9.05 Å². The monoisotopic (exact) mass is 402 g/mol. The van der Waals surface area contributed by atoms with Crippen molar-refractivity contribution in [3.05, 3.63) is 0 Å². The summed E-state index contributed by atoms with van der Waals surface area (Å²) in [6.07, 6.45) is 3.68. The van der Waals surface area contributed by atoms with E-state index < -0.39 is 26.2 Å². The van der Waals surface area contributed by atoms with E-state index in [9.17, 15) is 28.5 Å². The fourth-order valence-corrected chi connectivity index (χ4v) is 3.23. The first kappa shape index (κ1) is 30.4. The van der Waals surface area contributed by atoms with Crippen LogP contribution in [0.5, 0.6) is 0 Å². The topological polar surface area (TPSA) is 133 Å². The molecule has 0 unspecified atom stereocenters. The third kappa shape index (κ3) is 12.9. The first-order valence-corrected chi connectivity index (χ1v) is 10.1. The van der Waals surface area contributed by atoms with Gasteiger partial charge >= 0.3 is 66.7 Å². The second kappa shape index (κ2) is 15.7. The average molecular weight is 402 g/mol. The van der Waals surface area contributed by atoms with Crippen molar-refractivity contribution in [3.63, 3.8) is 0 Å². The molecule has 0 aromatic rings. The summed E-state index contributed by atoms with van der Waals surface area (Å²) in [5, 5.41) is 0. The molecule has 0 aromatic carbocycles. The fourth-order valence-electron chi connectivity index (χ4n) is 1.81. The third-order valence-electron chi connectivity index (χ3n) is 3.12. The zero-order valence-electron chi connectivity index (χ0n) is 14.8. The molecule has 0 saturated heterocycles. The van der Waals surface area contributed by atoms with Crippen LogP contribution in [0.1, 0.15) is 51.4 Å². The molecule has 130 valence electrons. The van der Waals surface area contributed by atoms with E-state index in [1.807, 2.05) is 0 Å². The molecule has 0 amide bonds. The molecule has 0 atom stereocenters. The van der Waals surface area contributed by atoms with Gasteiger partial charge in [-0.25, -0.2) is 0 Å². The maximum Gasteiger partial charge on any atom is 1.00 e. The maximum absolute atomic E-state index is 11.7. The van der Waals surface area contributed by atoms with Gasteiger partial charge in [-0.2, -0.15) is 0 Å². The molecule has 0 spiro atoms. The smallest absolute Gasteiger partial charge is 0.805 e. The summed E-state index contributed by atoms with van der Waals surface area (Å²) < 4.78 is 31.3. The van der Waals surface area contributed by atoms with E-state index in [1.165, 1.54) is 0 Å². The SMILES string of the molecule is COP(=O)(OC)C(=O)CCCCCCCCC(=O)P(=O)([O-])[O-].[Na+].[Na+]. The predicted molar refractivity (Wildman–Crippen MR) is 76.2 cm³/mol. The molecule has 0 aliphatic heterocycles. The molecule has 24 heavy (non-hydrogen) atoms. The van der Waals surface area contributed by atoms with Gasteiger partial charge in [-0.1, -0.05) is 25.7 Å². The molecule has 0 saturated carbocycles. The molecule has 0 rings (SSSR count). The van der Waals surface area contributed by atoms with E-state index in [4.69, 9.17) is 0 Å². The number of hydrogen-bond acceptors (Lipinski definition) is 8. The van der Waals surface area contributed by atoms with Crippen LogP contribution in [-0.4, -0.2) is 25.3 Å². The second-order valence-electron chi connectivity index (χ2n) is 4.77. The Labute approximate surface area is 187 Å². The number of unbranched alkanes of at least 4 members (excludes halogenated alkanes) is 5. The molecule has 0 heterocycles. The summed E-state index contributed by atoms with van der Waals surface area (Å²) in [6.45, 7) is 0. The first-order valence-electron chi connectivity index (χ1n) is 6.97. The molecule has 8 nitrogen and oxygen atoms in total. The van der Waals surface area contributed by atoms with E-state index in [1.54, 1.807) is 0 Å². The van der Waals surface area contributed by atoms with Gasteiger partial charge in [0.15, 0.2) is 5.52 Å². The fraction of sp³-hybridized carbons (Fsp3) is 0.833. The zero-order chi connectivity index (χ0) is 17.2. The van der Waals surface area contributed by atoms with Crippen LogP contribution in [0.15, 0.2) is 0 Å². The van der Waals surface area contributed by atoms with Gasteiger partial charge in [-0.15, -0.1) is 0 Å². The Morgan fingerprint density at radius 3 is 1.42 bits per heavy atom. The molecule has 12 heteroatoms. The van der Waals surface area contributed by atoms with E-state index >= 15 is 0 Å². The standard InChI is InChI=1S/C12H24O8P2.2Na/c1-19-22(18,20-2)12(14)10-8-6-4-3-5-7-9-11(13)21(15,16)17;;/h3-10H2,1-2H3,(H2,15,16,17);;/q;2*+1/p-2. The molecular formula is C12H22Na2O8P2. The van der Waals surface area contributed by atoms with Crippen LogP contribution in [0.4, 0.5) is 0 Å². The van der Waals surface area contributed by atoms with Gasteiger partial charge < -0.3 is 23.4 Å². The molecular weight excluding hydrogens is 380 g/mol. The summed E-state index contributed by atoms with van der Waals surface area (Å²) in [5.74, 6) is 0. The van der Waals surface area contributed by atoms with Crippen molar-refractivity contribution in [1.29, 1.82) is 0 Å². The minimum atomic E-state index is -5.08. The van der Waals surface area contributed by atoms with E-state index in [0.29, 0.717) is 19.3 Å². The molecule has 0 bridgehead atoms. The number of carbonyl (C=O) groups excluding carboxylic acids is 2. The summed E-state index contributed by atoms with van der Waals surface area (Å²) in [7, 11) is -6.39. The number of rotatable bonds is 13. The number of hydrogen-bond donors (Lipinski definition) is 0. The second-order valence-corrected chi connectivity index (χ2v) is 8.49. The van der Waals surface area contributed by atoms with Gasteiger partial charge in [-0.3, -0.25) is 14.2 Å². The summed E-state index contributed by atoms with van der Waals surface area (Å²) >= 11 is 0. The van der Waals surface area contributed by atoms with Crippen molar-refractivity contribution in [1.82, 2.24) is 0 Å². The van der Waals surface area contributed by atoms with Crippen LogP contribution in [0.2, 0.25) is 0 Å². The Morgan fingerprint density at radius 1 is 0.750 bits per heavy atom. The van der Waals surface area contributed by atoms with Crippen LogP contribution < -0.4 is 68.9 Å². The zero-order valence-corrected chi connectivity index (χ0v) is 20.6. The minimum absolute atomic E-state index is 0. The Balaban J connectivity index is -0.00000220. The molecule has 0 aromatic heterocycles. The first-order chi connectivity index (χ1) is 10.2. The van der Waals surface area contributed by atoms with Crippen LogP contribution in [-0.2, 0) is 27.8 Å². The Kier molecular flexibility index (Phi) is 19.8. The van der Waals surface area contributed by atoms with Gasteiger partial charge in [0, 0.05) is 34.7 Å². The molecule has 0 radical (unpaired) electrons. The third-order valence-corrected chi connectivity index (χ3v) is 5.75. The van der Waals surface area contributed by atoms with Gasteiger partial charge in [0.05, 0.1) is 0 Å². The normalized spacial score (nSPS) is 11.3. The van der Waals surface area contributed by atoms with E-state index in [-0.39, 0.29) is 72.0 Å². The number of carbonyl (C=O) groups is 2. The van der Waals surface area contributed by atoms with E-state index in [0.717, 1.165) is 33.5 Å². The predicted octanol–water partition coefficient (Wildman–Crippen LogP) is -4.43. The summed E-state index contributed by atoms with van der Waals surface area (Å²) in [5.41, 5.74) is -1.79. The van der Waals surface area contributed by atoms with Crippen LogP contribution in [0.3, 0.4) is 0 Å². The van der Waals surface area contributed by atoms with Crippen molar-refractivity contribution in [2.45, 2.75) is 51.4 Å². The van der Waals surface area contributed by atoms with Crippen molar-refractivity contribution < 1.29 is 96.7 Å². The largest absolute Gasteiger partial charge is 1.00 e. The quantitative estimate of drug-likeness (QED) is 0.171. The molecule has 0 fully saturated rings. The van der Waals surface area contributed by atoms with Gasteiger partial charge in [0.2, 0.25) is 5.52 Å². The van der Waals surface area contributed by atoms with Crippen molar-refractivity contribution in [3.8, 4) is 0 Å². The van der Waals surface area contributed by atoms with Crippen molar-refractivity contribution in [2.75, 3.05) is 14.2 Å². The molecule has 0 aliphatic carbocycles. The van der Waals surface area contributed by atoms with Crippen LogP contribution in [0.25, 0.3) is 0 Å². The Bertz CT molecular complexity index is 458. The van der Waals surface area contributed by atoms with Crippen LogP contribution >= 0.6 is 15.2 Å². The van der Waals surface area contributed by atoms with Gasteiger partial charge in [0.1, 0.15) is 0 Å². The summed E-state index contributed by atoms with van der Waals surface area (Å²) in [4.78, 5) is 43.2. The van der Waals surface area contributed by atoms with Crippen LogP contribution in [0, 0.1) is 0 Å². The Hall–Kier alpha value is 1.64. The minimum Gasteiger partial charge on any atom is -0.805 e. The van der Waals surface area contributed by atoms with Crippen molar-refractivity contribution in [2.24, 2.45) is 0 Å². The van der Waals surface area contributed by atoms with Gasteiger partial charge in [-0.05, 0) is 12.8 Å². The molecule has 0 aliphatic rings. The average Bonchev–Trinajstić information content (AvgIpc) is 2.47.